The minimum atomic E-state index is -0.107. The van der Waals surface area contributed by atoms with Crippen LogP contribution in [0.3, 0.4) is 0 Å². The van der Waals surface area contributed by atoms with Crippen LogP contribution in [0.1, 0.15) is 23.5 Å². The van der Waals surface area contributed by atoms with Crippen LogP contribution in [0.15, 0.2) is 5.38 Å². The maximum Gasteiger partial charge on any atom is 0.0935 e. The van der Waals surface area contributed by atoms with E-state index in [0.717, 1.165) is 17.1 Å². The third kappa shape index (κ3) is 2.22. The van der Waals surface area contributed by atoms with Crippen molar-refractivity contribution < 1.29 is 5.11 Å². The molecule has 0 saturated heterocycles. The predicted molar refractivity (Wildman–Crippen MR) is 61.9 cm³/mol. The fourth-order valence-electron chi connectivity index (χ4n) is 2.11. The van der Waals surface area contributed by atoms with Crippen LogP contribution in [0.5, 0.6) is 0 Å². The van der Waals surface area contributed by atoms with Gasteiger partial charge in [0.15, 0.2) is 0 Å². The average molecular weight is 226 g/mol. The molecule has 1 heterocycles. The molecule has 1 aliphatic rings. The van der Waals surface area contributed by atoms with Crippen LogP contribution in [-0.2, 0) is 6.42 Å². The molecule has 1 aromatic heterocycles. The lowest BCUT2D eigenvalue weighted by atomic mass is 9.80. The highest BCUT2D eigenvalue weighted by Gasteiger charge is 2.44. The summed E-state index contributed by atoms with van der Waals surface area (Å²) < 4.78 is 0. The molecule has 0 amide bonds. The maximum absolute atomic E-state index is 9.55. The number of aliphatic hydroxyl groups excluding tert-OH is 1. The van der Waals surface area contributed by atoms with E-state index in [4.69, 9.17) is 5.73 Å². The Balaban J connectivity index is 2.12. The smallest absolute Gasteiger partial charge is 0.0935 e. The quantitative estimate of drug-likeness (QED) is 0.796. The van der Waals surface area contributed by atoms with E-state index in [1.807, 2.05) is 6.92 Å². The summed E-state index contributed by atoms with van der Waals surface area (Å²) in [6.45, 7) is 2.75. The van der Waals surface area contributed by atoms with Gasteiger partial charge in [0.05, 0.1) is 11.6 Å². The fraction of sp³-hybridized carbons (Fsp3) is 0.727. The number of hydrogen-bond acceptors (Lipinski definition) is 4. The Labute approximate surface area is 94.3 Å². The second kappa shape index (κ2) is 4.20. The lowest BCUT2D eigenvalue weighted by Gasteiger charge is -2.29. The Morgan fingerprint density at radius 3 is 2.80 bits per heavy atom. The Morgan fingerprint density at radius 1 is 1.67 bits per heavy atom. The van der Waals surface area contributed by atoms with Crippen LogP contribution >= 0.6 is 11.3 Å². The molecule has 2 rings (SSSR count). The summed E-state index contributed by atoms with van der Waals surface area (Å²) in [6, 6.07) is 0. The first-order valence-corrected chi connectivity index (χ1v) is 6.30. The predicted octanol–water partition coefficient (Wildman–Crippen LogP) is 1.34. The van der Waals surface area contributed by atoms with Crippen molar-refractivity contribution in [3.8, 4) is 0 Å². The number of thiazole rings is 1. The van der Waals surface area contributed by atoms with E-state index in [1.54, 1.807) is 11.3 Å². The van der Waals surface area contributed by atoms with Gasteiger partial charge in [-0.3, -0.25) is 0 Å². The van der Waals surface area contributed by atoms with Gasteiger partial charge < -0.3 is 10.8 Å². The van der Waals surface area contributed by atoms with Crippen molar-refractivity contribution in [1.82, 2.24) is 4.98 Å². The van der Waals surface area contributed by atoms with Gasteiger partial charge in [-0.2, -0.15) is 0 Å². The Bertz CT molecular complexity index is 329. The van der Waals surface area contributed by atoms with E-state index >= 15 is 0 Å². The molecule has 1 aromatic rings. The minimum Gasteiger partial charge on any atom is -0.396 e. The third-order valence-electron chi connectivity index (χ3n) is 3.33. The first-order valence-electron chi connectivity index (χ1n) is 5.42. The molecule has 1 aliphatic carbocycles. The van der Waals surface area contributed by atoms with Gasteiger partial charge in [-0.05, 0) is 25.7 Å². The van der Waals surface area contributed by atoms with Gasteiger partial charge in [0.25, 0.3) is 0 Å². The van der Waals surface area contributed by atoms with E-state index in [0.29, 0.717) is 12.5 Å². The largest absolute Gasteiger partial charge is 0.396 e. The standard InChI is InChI=1S/C11H18N2OS/c1-8-5-15-10(13-8)4-11(6-12,7-14)9-2-3-9/h5,9,14H,2-4,6-7,12H2,1H3. The van der Waals surface area contributed by atoms with Crippen molar-refractivity contribution >= 4 is 11.3 Å². The fourth-order valence-corrected chi connectivity index (χ4v) is 3.04. The van der Waals surface area contributed by atoms with Crippen molar-refractivity contribution in [2.75, 3.05) is 13.2 Å². The molecule has 0 aromatic carbocycles. The van der Waals surface area contributed by atoms with Gasteiger partial charge in [-0.15, -0.1) is 11.3 Å². The zero-order chi connectivity index (χ0) is 10.9. The SMILES string of the molecule is Cc1csc(CC(CN)(CO)C2CC2)n1. The number of hydrogen-bond donors (Lipinski definition) is 2. The van der Waals surface area contributed by atoms with Crippen LogP contribution in [0.25, 0.3) is 0 Å². The zero-order valence-electron chi connectivity index (χ0n) is 9.07. The lowest BCUT2D eigenvalue weighted by molar-refractivity contribution is 0.109. The second-order valence-corrected chi connectivity index (χ2v) is 5.50. The van der Waals surface area contributed by atoms with Crippen LogP contribution in [0.4, 0.5) is 0 Å². The lowest BCUT2D eigenvalue weighted by Crippen LogP contribution is -2.38. The molecule has 3 N–H and O–H groups in total. The van der Waals surface area contributed by atoms with Crippen LogP contribution in [0.2, 0.25) is 0 Å². The van der Waals surface area contributed by atoms with E-state index < -0.39 is 0 Å². The van der Waals surface area contributed by atoms with E-state index in [9.17, 15) is 5.11 Å². The molecule has 0 aliphatic heterocycles. The van der Waals surface area contributed by atoms with Crippen molar-refractivity contribution in [3.05, 3.63) is 16.1 Å². The summed E-state index contributed by atoms with van der Waals surface area (Å²) in [5.74, 6) is 0.608. The van der Waals surface area contributed by atoms with Crippen molar-refractivity contribution in [2.45, 2.75) is 26.2 Å². The summed E-state index contributed by atoms with van der Waals surface area (Å²) in [5, 5.41) is 12.7. The number of nitrogens with two attached hydrogens (primary N) is 1. The summed E-state index contributed by atoms with van der Waals surface area (Å²) in [5.41, 5.74) is 6.79. The summed E-state index contributed by atoms with van der Waals surface area (Å²) >= 11 is 1.67. The molecule has 1 saturated carbocycles. The van der Waals surface area contributed by atoms with Gasteiger partial charge >= 0.3 is 0 Å². The molecular weight excluding hydrogens is 208 g/mol. The summed E-state index contributed by atoms with van der Waals surface area (Å²) in [4.78, 5) is 4.45. The van der Waals surface area contributed by atoms with Gasteiger partial charge in [-0.1, -0.05) is 0 Å². The normalized spacial score (nSPS) is 20.2. The number of rotatable bonds is 5. The molecule has 0 spiro atoms. The zero-order valence-corrected chi connectivity index (χ0v) is 9.89. The van der Waals surface area contributed by atoms with Crippen LogP contribution in [-0.4, -0.2) is 23.2 Å². The molecule has 0 radical (unpaired) electrons. The minimum absolute atomic E-state index is 0.107. The molecule has 3 nitrogen and oxygen atoms in total. The Morgan fingerprint density at radius 2 is 2.40 bits per heavy atom. The third-order valence-corrected chi connectivity index (χ3v) is 4.30. The van der Waals surface area contributed by atoms with Crippen molar-refractivity contribution in [3.63, 3.8) is 0 Å². The topological polar surface area (TPSA) is 59.1 Å². The number of aliphatic hydroxyl groups is 1. The first-order chi connectivity index (χ1) is 7.20. The van der Waals surface area contributed by atoms with Crippen LogP contribution in [0, 0.1) is 18.3 Å². The van der Waals surface area contributed by atoms with E-state index in [2.05, 4.69) is 10.4 Å². The van der Waals surface area contributed by atoms with E-state index in [1.165, 1.54) is 12.8 Å². The van der Waals surface area contributed by atoms with E-state index in [-0.39, 0.29) is 12.0 Å². The van der Waals surface area contributed by atoms with Gasteiger partial charge in [0, 0.05) is 29.5 Å². The molecule has 1 fully saturated rings. The molecule has 0 bridgehead atoms. The average Bonchev–Trinajstić information content (AvgIpc) is 3.01. The molecule has 1 unspecified atom stereocenters. The highest BCUT2D eigenvalue weighted by molar-refractivity contribution is 7.09. The first kappa shape index (κ1) is 11.0. The highest BCUT2D eigenvalue weighted by Crippen LogP contribution is 2.47. The summed E-state index contributed by atoms with van der Waals surface area (Å²) in [6.07, 6.45) is 3.26. The molecule has 15 heavy (non-hydrogen) atoms. The van der Waals surface area contributed by atoms with Gasteiger partial charge in [0.2, 0.25) is 0 Å². The number of aromatic nitrogens is 1. The molecule has 1 atom stereocenters. The number of nitrogens with zero attached hydrogens (tertiary/aromatic N) is 1. The van der Waals surface area contributed by atoms with Crippen molar-refractivity contribution in [2.24, 2.45) is 17.1 Å². The molecular formula is C11H18N2OS. The molecule has 4 heteroatoms. The van der Waals surface area contributed by atoms with Gasteiger partial charge in [0.1, 0.15) is 0 Å². The monoisotopic (exact) mass is 226 g/mol. The second-order valence-electron chi connectivity index (χ2n) is 4.56. The Hall–Kier alpha value is -0.450. The molecule has 84 valence electrons. The number of aryl methyl sites for hydroxylation is 1. The van der Waals surface area contributed by atoms with Gasteiger partial charge in [-0.25, -0.2) is 4.98 Å². The van der Waals surface area contributed by atoms with Crippen LogP contribution < -0.4 is 5.73 Å². The Kier molecular flexibility index (Phi) is 3.09. The van der Waals surface area contributed by atoms with Crippen molar-refractivity contribution in [1.29, 1.82) is 0 Å². The highest BCUT2D eigenvalue weighted by atomic mass is 32.1. The summed E-state index contributed by atoms with van der Waals surface area (Å²) in [7, 11) is 0. The maximum atomic E-state index is 9.55.